The molecule has 124 valence electrons. The summed E-state index contributed by atoms with van der Waals surface area (Å²) in [6.45, 7) is 3.16. The zero-order valence-electron chi connectivity index (χ0n) is 12.5. The van der Waals surface area contributed by atoms with E-state index < -0.39 is 11.7 Å². The molecule has 0 unspecified atom stereocenters. The van der Waals surface area contributed by atoms with E-state index in [1.807, 2.05) is 23.9 Å². The molecule has 4 nitrogen and oxygen atoms in total. The molecule has 0 bridgehead atoms. The van der Waals surface area contributed by atoms with Crippen LogP contribution in [0.15, 0.2) is 36.5 Å². The summed E-state index contributed by atoms with van der Waals surface area (Å²) >= 11 is 5.04. The highest BCUT2D eigenvalue weighted by Gasteiger charge is 2.33. The molecule has 1 aromatic heterocycles. The molecule has 23 heavy (non-hydrogen) atoms. The van der Waals surface area contributed by atoms with Crippen LogP contribution in [-0.2, 0) is 12.7 Å². The second-order valence-electron chi connectivity index (χ2n) is 5.00. The van der Waals surface area contributed by atoms with Crippen molar-refractivity contribution in [1.29, 1.82) is 0 Å². The molecule has 1 aromatic carbocycles. The number of rotatable bonds is 5. The minimum absolute atomic E-state index is 0.0554. The number of benzene rings is 1. The summed E-state index contributed by atoms with van der Waals surface area (Å²) in [6, 6.07) is 7.15. The topological polar surface area (TPSA) is 41.9 Å². The van der Waals surface area contributed by atoms with Crippen molar-refractivity contribution in [3.8, 4) is 0 Å². The van der Waals surface area contributed by atoms with Crippen LogP contribution in [0.5, 0.6) is 0 Å². The van der Waals surface area contributed by atoms with Gasteiger partial charge in [0.2, 0.25) is 0 Å². The lowest BCUT2D eigenvalue weighted by Gasteiger charge is -2.15. The van der Waals surface area contributed by atoms with Crippen molar-refractivity contribution in [3.05, 3.63) is 47.8 Å². The molecule has 0 saturated carbocycles. The van der Waals surface area contributed by atoms with E-state index in [2.05, 4.69) is 15.7 Å². The standard InChI is InChI=1S/C15H17F3N4S/c1-11-7-10-22(21-11)9-4-8-19-14(23)20-13-6-3-2-5-12(13)15(16,17)18/h2-3,5-7,10H,4,8-9H2,1H3,(H2,19,20,23). The number of anilines is 1. The van der Waals surface area contributed by atoms with Gasteiger partial charge in [-0.15, -0.1) is 0 Å². The number of nitrogens with one attached hydrogen (secondary N) is 2. The second-order valence-corrected chi connectivity index (χ2v) is 5.41. The Morgan fingerprint density at radius 2 is 2.00 bits per heavy atom. The SMILES string of the molecule is Cc1ccn(CCCNC(=S)Nc2ccccc2C(F)(F)F)n1. The Labute approximate surface area is 137 Å². The Morgan fingerprint density at radius 3 is 2.65 bits per heavy atom. The van der Waals surface area contributed by atoms with E-state index in [0.717, 1.165) is 18.2 Å². The number of aryl methyl sites for hydroxylation is 2. The van der Waals surface area contributed by atoms with Crippen molar-refractivity contribution in [3.63, 3.8) is 0 Å². The second kappa shape index (κ2) is 7.45. The molecule has 0 aliphatic carbocycles. The van der Waals surface area contributed by atoms with Gasteiger partial charge >= 0.3 is 6.18 Å². The van der Waals surface area contributed by atoms with Crippen molar-refractivity contribution < 1.29 is 13.2 Å². The molecule has 0 atom stereocenters. The van der Waals surface area contributed by atoms with Gasteiger partial charge in [0.25, 0.3) is 0 Å². The largest absolute Gasteiger partial charge is 0.418 e. The summed E-state index contributed by atoms with van der Waals surface area (Å²) in [5.74, 6) is 0. The Bertz CT molecular complexity index is 667. The molecule has 0 fully saturated rings. The Kier molecular flexibility index (Phi) is 5.59. The van der Waals surface area contributed by atoms with Crippen LogP contribution in [0, 0.1) is 6.92 Å². The van der Waals surface area contributed by atoms with E-state index in [-0.39, 0.29) is 10.8 Å². The third-order valence-corrected chi connectivity index (χ3v) is 3.35. The van der Waals surface area contributed by atoms with Crippen molar-refractivity contribution in [1.82, 2.24) is 15.1 Å². The molecule has 0 amide bonds. The van der Waals surface area contributed by atoms with Crippen LogP contribution in [0.3, 0.4) is 0 Å². The highest BCUT2D eigenvalue weighted by molar-refractivity contribution is 7.80. The maximum absolute atomic E-state index is 12.9. The van der Waals surface area contributed by atoms with Gasteiger partial charge in [-0.25, -0.2) is 0 Å². The first kappa shape index (κ1) is 17.3. The number of para-hydroxylation sites is 1. The van der Waals surface area contributed by atoms with E-state index in [4.69, 9.17) is 12.2 Å². The van der Waals surface area contributed by atoms with Gasteiger partial charge < -0.3 is 10.6 Å². The zero-order valence-corrected chi connectivity index (χ0v) is 13.3. The molecule has 2 aromatic rings. The first-order chi connectivity index (χ1) is 10.9. The maximum Gasteiger partial charge on any atom is 0.418 e. The predicted octanol–water partition coefficient (Wildman–Crippen LogP) is 3.59. The number of nitrogens with zero attached hydrogens (tertiary/aromatic N) is 2. The van der Waals surface area contributed by atoms with Crippen LogP contribution >= 0.6 is 12.2 Å². The maximum atomic E-state index is 12.9. The number of hydrogen-bond donors (Lipinski definition) is 2. The fourth-order valence-electron chi connectivity index (χ4n) is 2.04. The Balaban J connectivity index is 1.81. The van der Waals surface area contributed by atoms with Crippen molar-refractivity contribution in [2.45, 2.75) is 26.1 Å². The first-order valence-electron chi connectivity index (χ1n) is 7.07. The van der Waals surface area contributed by atoms with Crippen LogP contribution in [-0.4, -0.2) is 21.4 Å². The summed E-state index contributed by atoms with van der Waals surface area (Å²) in [5.41, 5.74) is 0.148. The van der Waals surface area contributed by atoms with Crippen LogP contribution in [0.4, 0.5) is 18.9 Å². The van der Waals surface area contributed by atoms with Gasteiger partial charge in [0.15, 0.2) is 5.11 Å². The van der Waals surface area contributed by atoms with Crippen molar-refractivity contribution >= 4 is 23.0 Å². The quantitative estimate of drug-likeness (QED) is 0.644. The van der Waals surface area contributed by atoms with Crippen LogP contribution < -0.4 is 10.6 Å². The monoisotopic (exact) mass is 342 g/mol. The van der Waals surface area contributed by atoms with Gasteiger partial charge in [-0.1, -0.05) is 12.1 Å². The molecule has 2 rings (SSSR count). The number of halogens is 3. The highest BCUT2D eigenvalue weighted by Crippen LogP contribution is 2.34. The molecule has 0 radical (unpaired) electrons. The summed E-state index contributed by atoms with van der Waals surface area (Å²) in [7, 11) is 0. The van der Waals surface area contributed by atoms with E-state index >= 15 is 0 Å². The molecule has 0 aliphatic heterocycles. The van der Waals surface area contributed by atoms with E-state index in [1.54, 1.807) is 0 Å². The lowest BCUT2D eigenvalue weighted by Crippen LogP contribution is -2.30. The lowest BCUT2D eigenvalue weighted by atomic mass is 10.1. The molecular weight excluding hydrogens is 325 g/mol. The van der Waals surface area contributed by atoms with E-state index in [9.17, 15) is 13.2 Å². The Morgan fingerprint density at radius 1 is 1.26 bits per heavy atom. The highest BCUT2D eigenvalue weighted by atomic mass is 32.1. The number of alkyl halides is 3. The molecule has 0 aliphatic rings. The average Bonchev–Trinajstić information content (AvgIpc) is 2.89. The summed E-state index contributed by atoms with van der Waals surface area (Å²) in [5, 5.41) is 9.91. The zero-order chi connectivity index (χ0) is 16.9. The van der Waals surface area contributed by atoms with Crippen molar-refractivity contribution in [2.75, 3.05) is 11.9 Å². The lowest BCUT2D eigenvalue weighted by molar-refractivity contribution is -0.136. The first-order valence-corrected chi connectivity index (χ1v) is 7.48. The van der Waals surface area contributed by atoms with E-state index in [0.29, 0.717) is 13.1 Å². The van der Waals surface area contributed by atoms with Crippen LogP contribution in [0.1, 0.15) is 17.7 Å². The third-order valence-electron chi connectivity index (χ3n) is 3.10. The number of thiocarbonyl (C=S) groups is 1. The molecule has 8 heteroatoms. The van der Waals surface area contributed by atoms with Crippen LogP contribution in [0.2, 0.25) is 0 Å². The number of hydrogen-bond acceptors (Lipinski definition) is 2. The fraction of sp³-hybridized carbons (Fsp3) is 0.333. The average molecular weight is 342 g/mol. The summed E-state index contributed by atoms with van der Waals surface area (Å²) in [6.07, 6.45) is -1.79. The van der Waals surface area contributed by atoms with Crippen LogP contribution in [0.25, 0.3) is 0 Å². The molecular formula is C15H17F3N4S. The summed E-state index contributed by atoms with van der Waals surface area (Å²) < 4.78 is 40.5. The van der Waals surface area contributed by atoms with Gasteiger partial charge in [-0.05, 0) is 43.8 Å². The Hall–Kier alpha value is -2.09. The summed E-state index contributed by atoms with van der Waals surface area (Å²) in [4.78, 5) is 0. The van der Waals surface area contributed by atoms with Gasteiger partial charge in [0.1, 0.15) is 0 Å². The third kappa shape index (κ3) is 5.24. The minimum atomic E-state index is -4.42. The van der Waals surface area contributed by atoms with Gasteiger partial charge in [0, 0.05) is 19.3 Å². The molecule has 0 saturated heterocycles. The smallest absolute Gasteiger partial charge is 0.362 e. The van der Waals surface area contributed by atoms with E-state index in [1.165, 1.54) is 18.2 Å². The predicted molar refractivity (Wildman–Crippen MR) is 87.2 cm³/mol. The normalized spacial score (nSPS) is 11.3. The molecule has 2 N–H and O–H groups in total. The van der Waals surface area contributed by atoms with Gasteiger partial charge in [-0.3, -0.25) is 4.68 Å². The van der Waals surface area contributed by atoms with Crippen molar-refractivity contribution in [2.24, 2.45) is 0 Å². The van der Waals surface area contributed by atoms with Gasteiger partial charge in [0.05, 0.1) is 16.9 Å². The molecule has 0 spiro atoms. The van der Waals surface area contributed by atoms with Gasteiger partial charge in [-0.2, -0.15) is 18.3 Å². The molecule has 1 heterocycles. The minimum Gasteiger partial charge on any atom is -0.362 e. The fourth-order valence-corrected chi connectivity index (χ4v) is 2.25. The number of aromatic nitrogens is 2.